The Bertz CT molecular complexity index is 376. The smallest absolute Gasteiger partial charge is 0.0420 e. The summed E-state index contributed by atoms with van der Waals surface area (Å²) in [7, 11) is 0. The van der Waals surface area contributed by atoms with Crippen molar-refractivity contribution in [3.8, 4) is 0 Å². The summed E-state index contributed by atoms with van der Waals surface area (Å²) in [5.41, 5.74) is 7.98. The minimum atomic E-state index is 0.259. The van der Waals surface area contributed by atoms with E-state index in [4.69, 9.17) is 5.73 Å². The zero-order chi connectivity index (χ0) is 13.2. The van der Waals surface area contributed by atoms with Crippen LogP contribution in [0.1, 0.15) is 45.2 Å². The van der Waals surface area contributed by atoms with Gasteiger partial charge in [0.25, 0.3) is 0 Å². The maximum atomic E-state index is 6.36. The van der Waals surface area contributed by atoms with Gasteiger partial charge in [0.1, 0.15) is 0 Å². The summed E-state index contributed by atoms with van der Waals surface area (Å²) in [5, 5.41) is 0. The molecule has 3 heteroatoms. The highest BCUT2D eigenvalue weighted by atomic mass is 79.9. The Morgan fingerprint density at radius 3 is 2.61 bits per heavy atom. The van der Waals surface area contributed by atoms with Gasteiger partial charge < -0.3 is 5.73 Å². The topological polar surface area (TPSA) is 38.9 Å². The normalized spacial score (nSPS) is 21.8. The van der Waals surface area contributed by atoms with Gasteiger partial charge in [-0.2, -0.15) is 0 Å². The molecule has 0 aromatic carbocycles. The fourth-order valence-corrected chi connectivity index (χ4v) is 3.02. The molecule has 100 valence electrons. The Morgan fingerprint density at radius 2 is 2.06 bits per heavy atom. The molecule has 0 saturated heterocycles. The quantitative estimate of drug-likeness (QED) is 0.918. The van der Waals surface area contributed by atoms with Gasteiger partial charge in [-0.3, -0.25) is 4.98 Å². The van der Waals surface area contributed by atoms with Crippen LogP contribution in [0.3, 0.4) is 0 Å². The summed E-state index contributed by atoms with van der Waals surface area (Å²) in [6.07, 6.45) is 7.90. The van der Waals surface area contributed by atoms with Crippen molar-refractivity contribution < 1.29 is 0 Å². The minimum Gasteiger partial charge on any atom is -0.327 e. The lowest BCUT2D eigenvalue weighted by molar-refractivity contribution is 0.172. The highest BCUT2D eigenvalue weighted by Crippen LogP contribution is 2.39. The number of hydrogen-bond acceptors (Lipinski definition) is 2. The molecule has 0 radical (unpaired) electrons. The molecule has 1 unspecified atom stereocenters. The number of halogens is 1. The molecule has 0 bridgehead atoms. The lowest BCUT2D eigenvalue weighted by Crippen LogP contribution is -2.36. The van der Waals surface area contributed by atoms with Crippen LogP contribution in [0.2, 0.25) is 0 Å². The molecule has 2 nitrogen and oxygen atoms in total. The summed E-state index contributed by atoms with van der Waals surface area (Å²) in [4.78, 5) is 4.41. The standard InChI is InChI=1S/C15H23BrN2/c1-15(2)7-5-11(6-8-15)14(17)9-13-4-3-12(16)10-18-13/h3-4,10-11,14H,5-9,17H2,1-2H3. The summed E-state index contributed by atoms with van der Waals surface area (Å²) in [6, 6.07) is 4.37. The van der Waals surface area contributed by atoms with Crippen LogP contribution in [0, 0.1) is 11.3 Å². The maximum absolute atomic E-state index is 6.36. The molecule has 0 amide bonds. The first kappa shape index (κ1) is 14.0. The van der Waals surface area contributed by atoms with E-state index in [2.05, 4.69) is 40.8 Å². The van der Waals surface area contributed by atoms with Crippen molar-refractivity contribution in [2.45, 2.75) is 52.0 Å². The number of aromatic nitrogens is 1. The van der Waals surface area contributed by atoms with Gasteiger partial charge in [0.05, 0.1) is 0 Å². The van der Waals surface area contributed by atoms with Crippen LogP contribution in [0.25, 0.3) is 0 Å². The minimum absolute atomic E-state index is 0.259. The number of hydrogen-bond donors (Lipinski definition) is 1. The molecule has 1 aliphatic carbocycles. The zero-order valence-corrected chi connectivity index (χ0v) is 12.9. The molecule has 2 N–H and O–H groups in total. The van der Waals surface area contributed by atoms with Gasteiger partial charge in [-0.25, -0.2) is 0 Å². The van der Waals surface area contributed by atoms with Crippen LogP contribution in [0.4, 0.5) is 0 Å². The third-order valence-corrected chi connectivity index (χ3v) is 4.69. The number of nitrogens with zero attached hydrogens (tertiary/aromatic N) is 1. The first-order valence-corrected chi connectivity index (χ1v) is 7.62. The molecule has 1 aromatic heterocycles. The van der Waals surface area contributed by atoms with Crippen molar-refractivity contribution in [3.05, 3.63) is 28.5 Å². The van der Waals surface area contributed by atoms with Gasteiger partial charge in [-0.05, 0) is 65.1 Å². The predicted octanol–water partition coefficient (Wildman–Crippen LogP) is 3.93. The van der Waals surface area contributed by atoms with Crippen molar-refractivity contribution in [1.29, 1.82) is 0 Å². The summed E-state index contributed by atoms with van der Waals surface area (Å²) in [5.74, 6) is 0.670. The largest absolute Gasteiger partial charge is 0.327 e. The van der Waals surface area contributed by atoms with E-state index in [1.165, 1.54) is 25.7 Å². The zero-order valence-electron chi connectivity index (χ0n) is 11.3. The van der Waals surface area contributed by atoms with Crippen molar-refractivity contribution in [2.75, 3.05) is 0 Å². The van der Waals surface area contributed by atoms with Crippen LogP contribution in [-0.4, -0.2) is 11.0 Å². The molecule has 0 spiro atoms. The summed E-state index contributed by atoms with van der Waals surface area (Å²) < 4.78 is 1.03. The van der Waals surface area contributed by atoms with Crippen molar-refractivity contribution in [1.82, 2.24) is 4.98 Å². The van der Waals surface area contributed by atoms with Gasteiger partial charge in [0.2, 0.25) is 0 Å². The van der Waals surface area contributed by atoms with E-state index in [9.17, 15) is 0 Å². The Kier molecular flexibility index (Phi) is 4.44. The van der Waals surface area contributed by atoms with E-state index < -0.39 is 0 Å². The van der Waals surface area contributed by atoms with E-state index in [0.29, 0.717) is 11.3 Å². The predicted molar refractivity (Wildman–Crippen MR) is 79.4 cm³/mol. The molecule has 1 heterocycles. The molecule has 1 aromatic rings. The molecule has 1 fully saturated rings. The van der Waals surface area contributed by atoms with Crippen LogP contribution in [-0.2, 0) is 6.42 Å². The Labute approximate surface area is 119 Å². The van der Waals surface area contributed by atoms with Crippen molar-refractivity contribution in [2.24, 2.45) is 17.1 Å². The fraction of sp³-hybridized carbons (Fsp3) is 0.667. The molecule has 0 aliphatic heterocycles. The number of nitrogens with two attached hydrogens (primary N) is 1. The van der Waals surface area contributed by atoms with E-state index >= 15 is 0 Å². The van der Waals surface area contributed by atoms with Gasteiger partial charge in [0.15, 0.2) is 0 Å². The number of rotatable bonds is 3. The summed E-state index contributed by atoms with van der Waals surface area (Å²) >= 11 is 3.41. The van der Waals surface area contributed by atoms with Crippen molar-refractivity contribution >= 4 is 15.9 Å². The molecule has 2 rings (SSSR count). The van der Waals surface area contributed by atoms with E-state index in [1.807, 2.05) is 12.3 Å². The second kappa shape index (κ2) is 5.70. The first-order valence-electron chi connectivity index (χ1n) is 6.82. The van der Waals surface area contributed by atoms with E-state index in [-0.39, 0.29) is 6.04 Å². The number of pyridine rings is 1. The van der Waals surface area contributed by atoms with Gasteiger partial charge in [-0.1, -0.05) is 13.8 Å². The maximum Gasteiger partial charge on any atom is 0.0420 e. The molecular weight excluding hydrogens is 288 g/mol. The van der Waals surface area contributed by atoms with Crippen LogP contribution >= 0.6 is 15.9 Å². The average molecular weight is 311 g/mol. The summed E-state index contributed by atoms with van der Waals surface area (Å²) in [6.45, 7) is 4.73. The Hall–Kier alpha value is -0.410. The van der Waals surface area contributed by atoms with E-state index in [1.54, 1.807) is 0 Å². The second-order valence-electron chi connectivity index (χ2n) is 6.34. The molecule has 18 heavy (non-hydrogen) atoms. The third kappa shape index (κ3) is 3.79. The van der Waals surface area contributed by atoms with Crippen molar-refractivity contribution in [3.63, 3.8) is 0 Å². The highest BCUT2D eigenvalue weighted by Gasteiger charge is 2.29. The Balaban J connectivity index is 1.89. The SMILES string of the molecule is CC1(C)CCC(C(N)Cc2ccc(Br)cn2)CC1. The third-order valence-electron chi connectivity index (χ3n) is 4.22. The second-order valence-corrected chi connectivity index (χ2v) is 7.25. The fourth-order valence-electron chi connectivity index (χ4n) is 2.79. The molecule has 1 saturated carbocycles. The lowest BCUT2D eigenvalue weighted by atomic mass is 9.71. The molecular formula is C15H23BrN2. The van der Waals surface area contributed by atoms with Crippen LogP contribution in [0.15, 0.2) is 22.8 Å². The van der Waals surface area contributed by atoms with Crippen LogP contribution in [0.5, 0.6) is 0 Å². The van der Waals surface area contributed by atoms with Gasteiger partial charge in [-0.15, -0.1) is 0 Å². The Morgan fingerprint density at radius 1 is 1.39 bits per heavy atom. The molecule has 1 aliphatic rings. The molecule has 1 atom stereocenters. The average Bonchev–Trinajstić information content (AvgIpc) is 2.32. The highest BCUT2D eigenvalue weighted by molar-refractivity contribution is 9.10. The monoisotopic (exact) mass is 310 g/mol. The van der Waals surface area contributed by atoms with Gasteiger partial charge >= 0.3 is 0 Å². The van der Waals surface area contributed by atoms with Crippen LogP contribution < -0.4 is 5.73 Å². The van der Waals surface area contributed by atoms with E-state index in [0.717, 1.165) is 16.6 Å². The first-order chi connectivity index (χ1) is 8.46. The lowest BCUT2D eigenvalue weighted by Gasteiger charge is -2.36. The van der Waals surface area contributed by atoms with Gasteiger partial charge in [0, 0.05) is 28.8 Å².